The minimum absolute atomic E-state index is 0.222. The maximum atomic E-state index is 10.5. The van der Waals surface area contributed by atoms with Gasteiger partial charge in [0.15, 0.2) is 0 Å². The van der Waals surface area contributed by atoms with Crippen molar-refractivity contribution in [3.8, 4) is 0 Å². The molecule has 4 nitrogen and oxygen atoms in total. The molecular formula is C17H32N2O2. The number of morpholine rings is 1. The summed E-state index contributed by atoms with van der Waals surface area (Å²) in [7, 11) is 0. The van der Waals surface area contributed by atoms with Crippen LogP contribution < -0.4 is 0 Å². The van der Waals surface area contributed by atoms with Gasteiger partial charge in [0.05, 0.1) is 18.3 Å². The Morgan fingerprint density at radius 2 is 1.57 bits per heavy atom. The van der Waals surface area contributed by atoms with Crippen LogP contribution in [0, 0.1) is 11.8 Å². The van der Waals surface area contributed by atoms with Gasteiger partial charge in [-0.2, -0.15) is 0 Å². The van der Waals surface area contributed by atoms with Gasteiger partial charge in [-0.25, -0.2) is 0 Å². The Kier molecular flexibility index (Phi) is 5.20. The molecule has 0 radical (unpaired) electrons. The molecular weight excluding hydrogens is 264 g/mol. The van der Waals surface area contributed by atoms with Gasteiger partial charge in [0, 0.05) is 39.3 Å². The predicted octanol–water partition coefficient (Wildman–Crippen LogP) is 1.58. The van der Waals surface area contributed by atoms with Gasteiger partial charge in [0.2, 0.25) is 0 Å². The lowest BCUT2D eigenvalue weighted by atomic mass is 10.2. The molecule has 0 spiro atoms. The maximum Gasteiger partial charge on any atom is 0.0793 e. The van der Waals surface area contributed by atoms with Crippen LogP contribution >= 0.6 is 0 Å². The van der Waals surface area contributed by atoms with E-state index < -0.39 is 0 Å². The zero-order chi connectivity index (χ0) is 14.8. The van der Waals surface area contributed by atoms with Crippen molar-refractivity contribution >= 4 is 0 Å². The van der Waals surface area contributed by atoms with Crippen molar-refractivity contribution < 1.29 is 9.84 Å². The van der Waals surface area contributed by atoms with Crippen LogP contribution in [-0.2, 0) is 4.74 Å². The standard InChI is InChI=1S/C17H32N2O2/c1-13-7-18(8-14(2)21-13)11-17(20)12-19(9-15-3-4-15)10-16-5-6-16/h13-17,20H,3-12H2,1-2H3. The SMILES string of the molecule is CC1CN(CC(O)CN(CC2CC2)CC2CC2)CC(C)O1. The highest BCUT2D eigenvalue weighted by atomic mass is 16.5. The Hall–Kier alpha value is -0.160. The molecule has 2 aliphatic carbocycles. The van der Waals surface area contributed by atoms with Crippen LogP contribution in [0.4, 0.5) is 0 Å². The molecule has 3 fully saturated rings. The third-order valence-electron chi connectivity index (χ3n) is 4.86. The molecule has 0 bridgehead atoms. The highest BCUT2D eigenvalue weighted by Gasteiger charge is 2.31. The number of hydrogen-bond donors (Lipinski definition) is 1. The molecule has 0 aromatic rings. The summed E-state index contributed by atoms with van der Waals surface area (Å²) in [5, 5.41) is 10.5. The molecule has 0 amide bonds. The minimum Gasteiger partial charge on any atom is -0.390 e. The molecule has 1 N–H and O–H groups in total. The highest BCUT2D eigenvalue weighted by Crippen LogP contribution is 2.33. The quantitative estimate of drug-likeness (QED) is 0.738. The van der Waals surface area contributed by atoms with Gasteiger partial charge >= 0.3 is 0 Å². The van der Waals surface area contributed by atoms with Crippen LogP contribution in [0.1, 0.15) is 39.5 Å². The van der Waals surface area contributed by atoms with E-state index in [-0.39, 0.29) is 18.3 Å². The summed E-state index contributed by atoms with van der Waals surface area (Å²) in [6, 6.07) is 0. The molecule has 4 heteroatoms. The van der Waals surface area contributed by atoms with Crippen molar-refractivity contribution in [1.82, 2.24) is 9.80 Å². The van der Waals surface area contributed by atoms with E-state index in [0.717, 1.165) is 38.0 Å². The van der Waals surface area contributed by atoms with Crippen LogP contribution in [0.5, 0.6) is 0 Å². The third kappa shape index (κ3) is 5.51. The monoisotopic (exact) mass is 296 g/mol. The summed E-state index contributed by atoms with van der Waals surface area (Å²) in [5.74, 6) is 1.83. The van der Waals surface area contributed by atoms with Gasteiger partial charge in [-0.15, -0.1) is 0 Å². The van der Waals surface area contributed by atoms with E-state index in [4.69, 9.17) is 4.74 Å². The number of rotatable bonds is 8. The smallest absolute Gasteiger partial charge is 0.0793 e. The maximum absolute atomic E-state index is 10.5. The van der Waals surface area contributed by atoms with Gasteiger partial charge in [-0.05, 0) is 51.4 Å². The average molecular weight is 296 g/mol. The van der Waals surface area contributed by atoms with E-state index in [0.29, 0.717) is 0 Å². The van der Waals surface area contributed by atoms with Gasteiger partial charge < -0.3 is 14.7 Å². The van der Waals surface area contributed by atoms with E-state index >= 15 is 0 Å². The van der Waals surface area contributed by atoms with Crippen molar-refractivity contribution in [2.45, 2.75) is 57.8 Å². The zero-order valence-electron chi connectivity index (χ0n) is 13.7. The number of ether oxygens (including phenoxy) is 1. The second-order valence-electron chi connectivity index (χ2n) is 7.73. The Labute approximate surface area is 129 Å². The van der Waals surface area contributed by atoms with Crippen molar-refractivity contribution in [3.05, 3.63) is 0 Å². The summed E-state index contributed by atoms with van der Waals surface area (Å²) >= 11 is 0. The Bertz CT molecular complexity index is 307. The topological polar surface area (TPSA) is 35.9 Å². The first kappa shape index (κ1) is 15.7. The molecule has 2 saturated carbocycles. The molecule has 1 saturated heterocycles. The summed E-state index contributed by atoms with van der Waals surface area (Å²) in [5.41, 5.74) is 0. The van der Waals surface area contributed by atoms with Crippen molar-refractivity contribution in [1.29, 1.82) is 0 Å². The number of β-amino-alcohol motifs (C(OH)–C–C–N with tert-alkyl or cyclic N) is 1. The van der Waals surface area contributed by atoms with Crippen molar-refractivity contribution in [2.75, 3.05) is 39.3 Å². The first-order valence-electron chi connectivity index (χ1n) is 8.86. The van der Waals surface area contributed by atoms with Crippen LogP contribution in [0.3, 0.4) is 0 Å². The van der Waals surface area contributed by atoms with E-state index in [1.807, 2.05) is 0 Å². The fourth-order valence-electron chi connectivity index (χ4n) is 3.64. The Balaban J connectivity index is 1.43. The average Bonchev–Trinajstić information content (AvgIpc) is 3.23. The number of hydrogen-bond acceptors (Lipinski definition) is 4. The van der Waals surface area contributed by atoms with Crippen LogP contribution in [0.2, 0.25) is 0 Å². The van der Waals surface area contributed by atoms with E-state index in [1.54, 1.807) is 0 Å². The van der Waals surface area contributed by atoms with Crippen LogP contribution in [0.25, 0.3) is 0 Å². The molecule has 3 unspecified atom stereocenters. The first-order valence-corrected chi connectivity index (χ1v) is 8.86. The molecule has 122 valence electrons. The number of nitrogens with zero attached hydrogens (tertiary/aromatic N) is 2. The third-order valence-corrected chi connectivity index (χ3v) is 4.86. The second kappa shape index (κ2) is 6.95. The second-order valence-corrected chi connectivity index (χ2v) is 7.73. The lowest BCUT2D eigenvalue weighted by molar-refractivity contribution is -0.0781. The fraction of sp³-hybridized carbons (Fsp3) is 1.00. The minimum atomic E-state index is -0.222. The van der Waals surface area contributed by atoms with Gasteiger partial charge in [0.25, 0.3) is 0 Å². The lowest BCUT2D eigenvalue weighted by Gasteiger charge is -2.37. The summed E-state index contributed by atoms with van der Waals surface area (Å²) in [6.45, 7) is 10.2. The van der Waals surface area contributed by atoms with Crippen LogP contribution in [0.15, 0.2) is 0 Å². The Morgan fingerprint density at radius 1 is 1.05 bits per heavy atom. The summed E-state index contributed by atoms with van der Waals surface area (Å²) in [4.78, 5) is 4.91. The van der Waals surface area contributed by atoms with Gasteiger partial charge in [-0.3, -0.25) is 4.90 Å². The highest BCUT2D eigenvalue weighted by molar-refractivity contribution is 4.84. The molecule has 0 aromatic heterocycles. The first-order chi connectivity index (χ1) is 10.1. The summed E-state index contributed by atoms with van der Waals surface area (Å²) in [6.07, 6.45) is 5.95. The zero-order valence-corrected chi connectivity index (χ0v) is 13.7. The van der Waals surface area contributed by atoms with Gasteiger partial charge in [0.1, 0.15) is 0 Å². The number of aliphatic hydroxyl groups is 1. The molecule has 0 aromatic carbocycles. The molecule has 3 rings (SSSR count). The molecule has 1 aliphatic heterocycles. The predicted molar refractivity (Wildman–Crippen MR) is 84.3 cm³/mol. The van der Waals surface area contributed by atoms with Crippen LogP contribution in [-0.4, -0.2) is 72.5 Å². The van der Waals surface area contributed by atoms with E-state index in [1.165, 1.54) is 38.8 Å². The largest absolute Gasteiger partial charge is 0.390 e. The van der Waals surface area contributed by atoms with Gasteiger partial charge in [-0.1, -0.05) is 0 Å². The van der Waals surface area contributed by atoms with E-state index in [2.05, 4.69) is 23.6 Å². The molecule has 1 heterocycles. The Morgan fingerprint density at radius 3 is 2.05 bits per heavy atom. The number of aliphatic hydroxyl groups excluding tert-OH is 1. The van der Waals surface area contributed by atoms with E-state index in [9.17, 15) is 5.11 Å². The summed E-state index contributed by atoms with van der Waals surface area (Å²) < 4.78 is 5.77. The van der Waals surface area contributed by atoms with Crippen molar-refractivity contribution in [2.24, 2.45) is 11.8 Å². The fourth-order valence-corrected chi connectivity index (χ4v) is 3.64. The molecule has 3 aliphatic rings. The normalized spacial score (nSPS) is 32.6. The molecule has 21 heavy (non-hydrogen) atoms. The molecule has 3 atom stereocenters. The lowest BCUT2D eigenvalue weighted by Crippen LogP contribution is -2.50. The van der Waals surface area contributed by atoms with Crippen molar-refractivity contribution in [3.63, 3.8) is 0 Å².